The Labute approximate surface area is 193 Å². The molecule has 0 fully saturated rings. The first-order valence-corrected chi connectivity index (χ1v) is 11.6. The number of rotatable bonds is 11. The molecular formula is C26H38N4O2. The molecule has 6 heteroatoms. The Hall–Kier alpha value is -3.02. The summed E-state index contributed by atoms with van der Waals surface area (Å²) in [6.07, 6.45) is 2.60. The minimum absolute atomic E-state index is 0.0504. The van der Waals surface area contributed by atoms with E-state index in [4.69, 9.17) is 0 Å². The fraction of sp³-hybridized carbons (Fsp3) is 0.462. The Bertz CT molecular complexity index is 863. The Morgan fingerprint density at radius 2 is 1.66 bits per heavy atom. The number of nitrogens with one attached hydrogen (secondary N) is 2. The zero-order valence-electron chi connectivity index (χ0n) is 20.1. The molecule has 0 unspecified atom stereocenters. The summed E-state index contributed by atoms with van der Waals surface area (Å²) in [6, 6.07) is 15.4. The van der Waals surface area contributed by atoms with Crippen LogP contribution in [0.1, 0.15) is 51.2 Å². The zero-order valence-corrected chi connectivity index (χ0v) is 20.1. The van der Waals surface area contributed by atoms with Gasteiger partial charge in [-0.2, -0.15) is 0 Å². The van der Waals surface area contributed by atoms with Crippen molar-refractivity contribution < 1.29 is 9.59 Å². The maximum atomic E-state index is 13.1. The maximum Gasteiger partial charge on any atom is 0.319 e. The van der Waals surface area contributed by atoms with Crippen LogP contribution in [0.15, 0.2) is 48.5 Å². The van der Waals surface area contributed by atoms with Gasteiger partial charge < -0.3 is 20.4 Å². The lowest BCUT2D eigenvalue weighted by atomic mass is 10.0. The highest BCUT2D eigenvalue weighted by atomic mass is 16.2. The van der Waals surface area contributed by atoms with Gasteiger partial charge in [0, 0.05) is 51.0 Å². The summed E-state index contributed by atoms with van der Waals surface area (Å²) in [5.74, 6) is 0.259. The number of benzene rings is 2. The van der Waals surface area contributed by atoms with Gasteiger partial charge in [-0.3, -0.25) is 4.79 Å². The molecule has 0 atom stereocenters. The van der Waals surface area contributed by atoms with Crippen LogP contribution in [0, 0.1) is 5.92 Å². The number of anilines is 2. The van der Waals surface area contributed by atoms with Crippen molar-refractivity contribution in [3.8, 4) is 0 Å². The van der Waals surface area contributed by atoms with Gasteiger partial charge in [-0.1, -0.05) is 51.1 Å². The van der Waals surface area contributed by atoms with E-state index in [0.717, 1.165) is 42.6 Å². The third-order valence-corrected chi connectivity index (χ3v) is 5.62. The van der Waals surface area contributed by atoms with E-state index in [1.807, 2.05) is 72.4 Å². The monoisotopic (exact) mass is 438 g/mol. The van der Waals surface area contributed by atoms with E-state index in [9.17, 15) is 9.59 Å². The molecule has 0 saturated carbocycles. The second kappa shape index (κ2) is 12.7. The molecule has 0 aliphatic carbocycles. The first-order chi connectivity index (χ1) is 15.4. The van der Waals surface area contributed by atoms with Crippen molar-refractivity contribution in [3.05, 3.63) is 59.7 Å². The Morgan fingerprint density at radius 1 is 0.969 bits per heavy atom. The smallest absolute Gasteiger partial charge is 0.319 e. The zero-order chi connectivity index (χ0) is 23.5. The van der Waals surface area contributed by atoms with Gasteiger partial charge in [-0.05, 0) is 48.6 Å². The van der Waals surface area contributed by atoms with Crippen molar-refractivity contribution in [2.24, 2.45) is 5.92 Å². The van der Waals surface area contributed by atoms with Crippen molar-refractivity contribution in [2.45, 2.75) is 53.1 Å². The third-order valence-electron chi connectivity index (χ3n) is 5.62. The highest BCUT2D eigenvalue weighted by molar-refractivity contribution is 5.89. The molecule has 6 nitrogen and oxygen atoms in total. The van der Waals surface area contributed by atoms with Crippen molar-refractivity contribution in [1.29, 1.82) is 0 Å². The molecule has 3 amide bonds. The molecule has 0 saturated heterocycles. The van der Waals surface area contributed by atoms with Crippen molar-refractivity contribution in [1.82, 2.24) is 10.2 Å². The lowest BCUT2D eigenvalue weighted by Gasteiger charge is -2.28. The summed E-state index contributed by atoms with van der Waals surface area (Å²) in [7, 11) is 3.98. The van der Waals surface area contributed by atoms with Crippen molar-refractivity contribution in [2.75, 3.05) is 30.9 Å². The summed E-state index contributed by atoms with van der Waals surface area (Å²) in [5, 5.41) is 5.82. The van der Waals surface area contributed by atoms with Crippen LogP contribution in [0.25, 0.3) is 0 Å². The number of nitrogens with zero attached hydrogens (tertiary/aromatic N) is 2. The van der Waals surface area contributed by atoms with Gasteiger partial charge >= 0.3 is 6.03 Å². The predicted octanol–water partition coefficient (Wildman–Crippen LogP) is 5.25. The van der Waals surface area contributed by atoms with Gasteiger partial charge in [0.15, 0.2) is 0 Å². The van der Waals surface area contributed by atoms with E-state index < -0.39 is 0 Å². The van der Waals surface area contributed by atoms with Gasteiger partial charge in [-0.25, -0.2) is 4.79 Å². The van der Waals surface area contributed by atoms with Crippen LogP contribution in [-0.2, 0) is 17.9 Å². The molecule has 32 heavy (non-hydrogen) atoms. The average Bonchev–Trinajstić information content (AvgIpc) is 2.79. The van der Waals surface area contributed by atoms with Gasteiger partial charge in [0.25, 0.3) is 0 Å². The number of carbonyl (C=O) groups is 2. The fourth-order valence-electron chi connectivity index (χ4n) is 3.82. The molecule has 0 bridgehead atoms. The number of hydrogen-bond acceptors (Lipinski definition) is 3. The quantitative estimate of drug-likeness (QED) is 0.504. The molecule has 0 radical (unpaired) electrons. The summed E-state index contributed by atoms with van der Waals surface area (Å²) >= 11 is 0. The lowest BCUT2D eigenvalue weighted by molar-refractivity contribution is -0.136. The largest absolute Gasteiger partial charge is 0.377 e. The molecular weight excluding hydrogens is 400 g/mol. The van der Waals surface area contributed by atoms with Gasteiger partial charge in [-0.15, -0.1) is 0 Å². The third kappa shape index (κ3) is 7.29. The van der Waals surface area contributed by atoms with E-state index in [1.165, 1.54) is 0 Å². The summed E-state index contributed by atoms with van der Waals surface area (Å²) in [5.41, 5.74) is 3.81. The van der Waals surface area contributed by atoms with E-state index in [0.29, 0.717) is 18.8 Å². The standard InChI is InChI=1S/C26H38N4O2/c1-6-16-30(25(31)21(7-2)8-3)19-22-17-23(14-15-24(22)29(4)5)28-26(32)27-18-20-12-10-9-11-13-20/h9-15,17,21H,6-8,16,18-19H2,1-5H3,(H2,27,28,32). The Kier molecular flexibility index (Phi) is 10.1. The summed E-state index contributed by atoms with van der Waals surface area (Å²) in [4.78, 5) is 29.5. The van der Waals surface area contributed by atoms with E-state index in [2.05, 4.69) is 31.4 Å². The second-order valence-electron chi connectivity index (χ2n) is 8.30. The Morgan fingerprint density at radius 3 is 2.25 bits per heavy atom. The molecule has 174 valence electrons. The highest BCUT2D eigenvalue weighted by Crippen LogP contribution is 2.26. The first kappa shape index (κ1) is 25.2. The van der Waals surface area contributed by atoms with Crippen LogP contribution in [0.3, 0.4) is 0 Å². The molecule has 0 aliphatic heterocycles. The van der Waals surface area contributed by atoms with Crippen LogP contribution < -0.4 is 15.5 Å². The predicted molar refractivity (Wildman–Crippen MR) is 133 cm³/mol. The van der Waals surface area contributed by atoms with Crippen LogP contribution in [0.5, 0.6) is 0 Å². The molecule has 2 rings (SSSR count). The van der Waals surface area contributed by atoms with Crippen molar-refractivity contribution in [3.63, 3.8) is 0 Å². The van der Waals surface area contributed by atoms with Gasteiger partial charge in [0.05, 0.1) is 0 Å². The summed E-state index contributed by atoms with van der Waals surface area (Å²) in [6.45, 7) is 7.94. The molecule has 0 aliphatic rings. The Balaban J connectivity index is 2.16. The number of carbonyl (C=O) groups excluding carboxylic acids is 2. The van der Waals surface area contributed by atoms with Crippen LogP contribution in [0.2, 0.25) is 0 Å². The van der Waals surface area contributed by atoms with Crippen LogP contribution in [0.4, 0.5) is 16.2 Å². The van der Waals surface area contributed by atoms with Crippen molar-refractivity contribution >= 4 is 23.3 Å². The average molecular weight is 439 g/mol. The molecule has 0 spiro atoms. The topological polar surface area (TPSA) is 64.7 Å². The number of hydrogen-bond donors (Lipinski definition) is 2. The minimum Gasteiger partial charge on any atom is -0.377 e. The number of amides is 3. The molecule has 2 N–H and O–H groups in total. The first-order valence-electron chi connectivity index (χ1n) is 11.6. The van der Waals surface area contributed by atoms with Gasteiger partial charge in [0.1, 0.15) is 0 Å². The lowest BCUT2D eigenvalue weighted by Crippen LogP contribution is -2.36. The highest BCUT2D eigenvalue weighted by Gasteiger charge is 2.22. The fourth-order valence-corrected chi connectivity index (χ4v) is 3.82. The maximum absolute atomic E-state index is 13.1. The SMILES string of the molecule is CCCN(Cc1cc(NC(=O)NCc2ccccc2)ccc1N(C)C)C(=O)C(CC)CC. The van der Waals surface area contributed by atoms with E-state index >= 15 is 0 Å². The molecule has 0 aromatic heterocycles. The second-order valence-corrected chi connectivity index (χ2v) is 8.30. The van der Waals surface area contributed by atoms with Crippen LogP contribution >= 0.6 is 0 Å². The molecule has 0 heterocycles. The van der Waals surface area contributed by atoms with Crippen LogP contribution in [-0.4, -0.2) is 37.5 Å². The van der Waals surface area contributed by atoms with Gasteiger partial charge in [0.2, 0.25) is 5.91 Å². The number of urea groups is 1. The van der Waals surface area contributed by atoms with E-state index in [-0.39, 0.29) is 17.9 Å². The summed E-state index contributed by atoms with van der Waals surface area (Å²) < 4.78 is 0. The van der Waals surface area contributed by atoms with E-state index in [1.54, 1.807) is 0 Å². The molecule has 2 aromatic rings. The minimum atomic E-state index is -0.254. The molecule has 2 aromatic carbocycles. The normalized spacial score (nSPS) is 10.7.